The predicted molar refractivity (Wildman–Crippen MR) is 111 cm³/mol. The van der Waals surface area contributed by atoms with Gasteiger partial charge in [0.1, 0.15) is 5.75 Å². The number of nitrogens with zero attached hydrogens (tertiary/aromatic N) is 1. The molecule has 0 amide bonds. The SMILES string of the molecule is O=C(O)COc1cccc2c1ccn2Cc1ccc(-c2ccc(C(F)(F)F)cc2)cc1. The molecule has 1 aromatic heterocycles. The number of hydrogen-bond donors (Lipinski definition) is 1. The molecule has 7 heteroatoms. The zero-order valence-corrected chi connectivity index (χ0v) is 16.3. The summed E-state index contributed by atoms with van der Waals surface area (Å²) in [5.74, 6) is -0.527. The van der Waals surface area contributed by atoms with Crippen LogP contribution in [0.3, 0.4) is 0 Å². The number of carboxylic acids is 1. The van der Waals surface area contributed by atoms with Crippen molar-refractivity contribution in [2.24, 2.45) is 0 Å². The number of fused-ring (bicyclic) bond motifs is 1. The Morgan fingerprint density at radius 2 is 1.55 bits per heavy atom. The maximum Gasteiger partial charge on any atom is 0.416 e. The van der Waals surface area contributed by atoms with E-state index in [1.807, 2.05) is 53.2 Å². The van der Waals surface area contributed by atoms with Crippen LogP contribution in [-0.4, -0.2) is 22.2 Å². The van der Waals surface area contributed by atoms with Gasteiger partial charge >= 0.3 is 12.1 Å². The highest BCUT2D eigenvalue weighted by molar-refractivity contribution is 5.87. The van der Waals surface area contributed by atoms with E-state index >= 15 is 0 Å². The van der Waals surface area contributed by atoms with E-state index in [-0.39, 0.29) is 0 Å². The third-order valence-corrected chi connectivity index (χ3v) is 4.98. The Hall–Kier alpha value is -3.74. The van der Waals surface area contributed by atoms with E-state index in [0.717, 1.165) is 34.2 Å². The van der Waals surface area contributed by atoms with Crippen LogP contribution in [0.4, 0.5) is 13.2 Å². The average Bonchev–Trinajstić information content (AvgIpc) is 3.16. The number of rotatable bonds is 6. The van der Waals surface area contributed by atoms with Crippen molar-refractivity contribution < 1.29 is 27.8 Å². The summed E-state index contributed by atoms with van der Waals surface area (Å²) in [5, 5.41) is 9.64. The summed E-state index contributed by atoms with van der Waals surface area (Å²) in [6, 6.07) is 20.1. The van der Waals surface area contributed by atoms with Crippen molar-refractivity contribution in [3.05, 3.63) is 90.1 Å². The molecule has 0 fully saturated rings. The van der Waals surface area contributed by atoms with Gasteiger partial charge in [0, 0.05) is 18.1 Å². The number of hydrogen-bond acceptors (Lipinski definition) is 2. The van der Waals surface area contributed by atoms with E-state index in [0.29, 0.717) is 17.9 Å². The van der Waals surface area contributed by atoms with Crippen LogP contribution in [0.5, 0.6) is 5.75 Å². The quantitative estimate of drug-likeness (QED) is 0.422. The van der Waals surface area contributed by atoms with Crippen LogP contribution in [-0.2, 0) is 17.5 Å². The second kappa shape index (κ2) is 8.18. The number of aliphatic carboxylic acids is 1. The van der Waals surface area contributed by atoms with E-state index in [1.54, 1.807) is 6.07 Å². The molecule has 0 atom stereocenters. The Kier molecular flexibility index (Phi) is 5.42. The Morgan fingerprint density at radius 3 is 2.16 bits per heavy atom. The molecule has 0 saturated heterocycles. The molecule has 0 saturated carbocycles. The van der Waals surface area contributed by atoms with E-state index < -0.39 is 24.3 Å². The Morgan fingerprint density at radius 1 is 0.903 bits per heavy atom. The van der Waals surface area contributed by atoms with Crippen LogP contribution < -0.4 is 4.74 Å². The van der Waals surface area contributed by atoms with Gasteiger partial charge in [-0.1, -0.05) is 42.5 Å². The van der Waals surface area contributed by atoms with Gasteiger partial charge in [-0.3, -0.25) is 0 Å². The number of benzene rings is 3. The minimum absolute atomic E-state index is 0.407. The number of ether oxygens (including phenoxy) is 1. The van der Waals surface area contributed by atoms with E-state index in [2.05, 4.69) is 0 Å². The summed E-state index contributed by atoms with van der Waals surface area (Å²) >= 11 is 0. The summed E-state index contributed by atoms with van der Waals surface area (Å²) in [5.41, 5.74) is 2.81. The fourth-order valence-electron chi connectivity index (χ4n) is 3.45. The molecule has 0 aliphatic carbocycles. The zero-order valence-electron chi connectivity index (χ0n) is 16.3. The van der Waals surface area contributed by atoms with Gasteiger partial charge in [-0.15, -0.1) is 0 Å². The molecule has 0 unspecified atom stereocenters. The third-order valence-electron chi connectivity index (χ3n) is 4.98. The molecular formula is C24H18F3NO3. The van der Waals surface area contributed by atoms with E-state index in [9.17, 15) is 18.0 Å². The number of alkyl halides is 3. The standard InChI is InChI=1S/C24H18F3NO3/c25-24(26,27)19-10-8-18(9-11-19)17-6-4-16(5-7-17)14-28-13-12-20-21(28)2-1-3-22(20)31-15-23(29)30/h1-13H,14-15H2,(H,29,30). The van der Waals surface area contributed by atoms with Crippen molar-refractivity contribution >= 4 is 16.9 Å². The van der Waals surface area contributed by atoms with Crippen LogP contribution in [0.15, 0.2) is 79.0 Å². The smallest absolute Gasteiger partial charge is 0.416 e. The molecule has 31 heavy (non-hydrogen) atoms. The minimum Gasteiger partial charge on any atom is -0.481 e. The molecule has 3 aromatic carbocycles. The summed E-state index contributed by atoms with van der Waals surface area (Å²) in [6.45, 7) is 0.175. The molecule has 1 heterocycles. The number of carboxylic acid groups (broad SMARTS) is 1. The predicted octanol–water partition coefficient (Wildman–Crippen LogP) is 5.84. The molecule has 4 aromatic rings. The summed E-state index contributed by atoms with van der Waals surface area (Å²) in [7, 11) is 0. The molecule has 4 rings (SSSR count). The molecule has 0 bridgehead atoms. The monoisotopic (exact) mass is 425 g/mol. The second-order valence-corrected chi connectivity index (χ2v) is 7.09. The molecule has 0 radical (unpaired) electrons. The van der Waals surface area contributed by atoms with Gasteiger partial charge in [-0.05, 0) is 47.0 Å². The van der Waals surface area contributed by atoms with Gasteiger partial charge in [0.25, 0.3) is 0 Å². The summed E-state index contributed by atoms with van der Waals surface area (Å²) < 4.78 is 45.6. The Bertz CT molecular complexity index is 1210. The summed E-state index contributed by atoms with van der Waals surface area (Å²) in [4.78, 5) is 10.8. The lowest BCUT2D eigenvalue weighted by Crippen LogP contribution is -2.09. The number of carbonyl (C=O) groups is 1. The first-order valence-electron chi connectivity index (χ1n) is 9.50. The fourth-order valence-corrected chi connectivity index (χ4v) is 3.45. The second-order valence-electron chi connectivity index (χ2n) is 7.09. The van der Waals surface area contributed by atoms with Gasteiger partial charge in [0.2, 0.25) is 0 Å². The number of aromatic nitrogens is 1. The van der Waals surface area contributed by atoms with Crippen LogP contribution >= 0.6 is 0 Å². The topological polar surface area (TPSA) is 51.5 Å². The van der Waals surface area contributed by atoms with Crippen molar-refractivity contribution in [2.75, 3.05) is 6.61 Å². The van der Waals surface area contributed by atoms with Crippen molar-refractivity contribution in [1.82, 2.24) is 4.57 Å². The van der Waals surface area contributed by atoms with Gasteiger partial charge in [0.05, 0.1) is 11.1 Å². The van der Waals surface area contributed by atoms with Crippen molar-refractivity contribution in [2.45, 2.75) is 12.7 Å². The first-order valence-corrected chi connectivity index (χ1v) is 9.50. The highest BCUT2D eigenvalue weighted by atomic mass is 19.4. The maximum absolute atomic E-state index is 12.7. The van der Waals surface area contributed by atoms with Crippen LogP contribution in [0.1, 0.15) is 11.1 Å². The molecule has 1 N–H and O–H groups in total. The van der Waals surface area contributed by atoms with Crippen LogP contribution in [0.2, 0.25) is 0 Å². The molecular weight excluding hydrogens is 407 g/mol. The Balaban J connectivity index is 1.52. The zero-order chi connectivity index (χ0) is 22.0. The molecule has 0 aliphatic heterocycles. The first-order chi connectivity index (χ1) is 14.8. The normalized spacial score (nSPS) is 11.6. The van der Waals surface area contributed by atoms with Gasteiger partial charge in [-0.25, -0.2) is 4.79 Å². The van der Waals surface area contributed by atoms with Crippen molar-refractivity contribution in [3.63, 3.8) is 0 Å². The van der Waals surface area contributed by atoms with Gasteiger partial charge in [0.15, 0.2) is 6.61 Å². The maximum atomic E-state index is 12.7. The third kappa shape index (κ3) is 4.55. The molecule has 158 valence electrons. The molecule has 4 nitrogen and oxygen atoms in total. The minimum atomic E-state index is -4.35. The summed E-state index contributed by atoms with van der Waals surface area (Å²) in [6.07, 6.45) is -2.44. The largest absolute Gasteiger partial charge is 0.481 e. The fraction of sp³-hybridized carbons (Fsp3) is 0.125. The lowest BCUT2D eigenvalue weighted by atomic mass is 10.0. The van der Waals surface area contributed by atoms with Gasteiger partial charge < -0.3 is 14.4 Å². The highest BCUT2D eigenvalue weighted by Gasteiger charge is 2.29. The van der Waals surface area contributed by atoms with E-state index in [1.165, 1.54) is 12.1 Å². The van der Waals surface area contributed by atoms with Crippen LogP contribution in [0.25, 0.3) is 22.0 Å². The highest BCUT2D eigenvalue weighted by Crippen LogP contribution is 2.31. The van der Waals surface area contributed by atoms with Crippen molar-refractivity contribution in [3.8, 4) is 16.9 Å². The molecule has 0 aliphatic rings. The Labute approximate surface area is 176 Å². The lowest BCUT2D eigenvalue weighted by Gasteiger charge is -2.10. The molecule has 0 spiro atoms. The van der Waals surface area contributed by atoms with E-state index in [4.69, 9.17) is 9.84 Å². The van der Waals surface area contributed by atoms with Crippen molar-refractivity contribution in [1.29, 1.82) is 0 Å². The number of halogens is 3. The van der Waals surface area contributed by atoms with Crippen LogP contribution in [0, 0.1) is 0 Å². The first kappa shape index (κ1) is 20.5. The lowest BCUT2D eigenvalue weighted by molar-refractivity contribution is -0.139. The van der Waals surface area contributed by atoms with Gasteiger partial charge in [-0.2, -0.15) is 13.2 Å². The average molecular weight is 425 g/mol.